The number of rotatable bonds is 4. The number of nitrogens with two attached hydrogens (primary N) is 1. The fraction of sp³-hybridized carbons (Fsp3) is 0.833. The quantitative estimate of drug-likeness (QED) is 0.707. The van der Waals surface area contributed by atoms with Crippen LogP contribution in [0.3, 0.4) is 0 Å². The van der Waals surface area contributed by atoms with Crippen LogP contribution < -0.4 is 5.73 Å². The Labute approximate surface area is 77.8 Å². The molecular formula is C6H10F3NO2S. The van der Waals surface area contributed by atoms with Crippen molar-refractivity contribution >= 4 is 17.7 Å². The molecule has 3 nitrogen and oxygen atoms in total. The van der Waals surface area contributed by atoms with Gasteiger partial charge in [0, 0.05) is 5.75 Å². The normalized spacial score (nSPS) is 13.9. The first-order chi connectivity index (χ1) is 5.87. The molecule has 0 saturated carbocycles. The van der Waals surface area contributed by atoms with Crippen LogP contribution in [-0.4, -0.2) is 36.8 Å². The molecule has 0 amide bonds. The van der Waals surface area contributed by atoms with Crippen LogP contribution in [0.2, 0.25) is 0 Å². The molecule has 0 aliphatic carbocycles. The minimum absolute atomic E-state index is 0.0911. The van der Waals surface area contributed by atoms with Gasteiger partial charge in [-0.25, -0.2) is 0 Å². The monoisotopic (exact) mass is 217 g/mol. The summed E-state index contributed by atoms with van der Waals surface area (Å²) in [6, 6.07) is -0.989. The third-order valence-corrected chi connectivity index (χ3v) is 2.19. The number of carbonyl (C=O) groups excluding carboxylic acids is 1. The molecule has 0 aromatic rings. The number of ether oxygens (including phenoxy) is 1. The highest BCUT2D eigenvalue weighted by molar-refractivity contribution is 7.99. The second kappa shape index (κ2) is 5.33. The number of alkyl halides is 3. The van der Waals surface area contributed by atoms with Crippen molar-refractivity contribution in [3.63, 3.8) is 0 Å². The first-order valence-electron chi connectivity index (χ1n) is 3.34. The third-order valence-electron chi connectivity index (χ3n) is 1.07. The second-order valence-electron chi connectivity index (χ2n) is 2.26. The minimum atomic E-state index is -4.22. The first kappa shape index (κ1) is 12.6. The van der Waals surface area contributed by atoms with Gasteiger partial charge in [0.05, 0.1) is 12.9 Å². The van der Waals surface area contributed by atoms with Gasteiger partial charge in [0.1, 0.15) is 6.04 Å². The maximum absolute atomic E-state index is 11.6. The highest BCUT2D eigenvalue weighted by atomic mass is 32.2. The average molecular weight is 217 g/mol. The summed E-state index contributed by atoms with van der Waals surface area (Å²) in [5.74, 6) is -1.79. The SMILES string of the molecule is COC(=O)C(N)CSCC(F)(F)F. The van der Waals surface area contributed by atoms with Gasteiger partial charge in [0.15, 0.2) is 0 Å². The Kier molecular flexibility index (Phi) is 5.16. The lowest BCUT2D eigenvalue weighted by Gasteiger charge is -2.09. The van der Waals surface area contributed by atoms with E-state index >= 15 is 0 Å². The number of esters is 1. The largest absolute Gasteiger partial charge is 0.468 e. The Morgan fingerprint density at radius 2 is 2.15 bits per heavy atom. The zero-order valence-electron chi connectivity index (χ0n) is 6.93. The summed E-state index contributed by atoms with van der Waals surface area (Å²) in [5.41, 5.74) is 5.19. The van der Waals surface area contributed by atoms with Gasteiger partial charge in [-0.15, -0.1) is 0 Å². The van der Waals surface area contributed by atoms with Crippen LogP contribution in [0.5, 0.6) is 0 Å². The van der Waals surface area contributed by atoms with Crippen molar-refractivity contribution in [3.8, 4) is 0 Å². The molecule has 0 aliphatic heterocycles. The van der Waals surface area contributed by atoms with E-state index in [4.69, 9.17) is 5.73 Å². The van der Waals surface area contributed by atoms with Crippen molar-refractivity contribution in [2.45, 2.75) is 12.2 Å². The van der Waals surface area contributed by atoms with Crippen molar-refractivity contribution in [1.82, 2.24) is 0 Å². The topological polar surface area (TPSA) is 52.3 Å². The second-order valence-corrected chi connectivity index (χ2v) is 3.29. The molecule has 0 heterocycles. The summed E-state index contributed by atoms with van der Waals surface area (Å²) in [5, 5.41) is 0. The maximum Gasteiger partial charge on any atom is 0.397 e. The number of thioether (sulfide) groups is 1. The summed E-state index contributed by atoms with van der Waals surface area (Å²) in [6.45, 7) is 0. The third kappa shape index (κ3) is 6.71. The van der Waals surface area contributed by atoms with E-state index in [2.05, 4.69) is 4.74 Å². The van der Waals surface area contributed by atoms with Crippen molar-refractivity contribution in [3.05, 3.63) is 0 Å². The van der Waals surface area contributed by atoms with Gasteiger partial charge >= 0.3 is 12.1 Å². The predicted octanol–water partition coefficient (Wildman–Crippen LogP) is 0.782. The lowest BCUT2D eigenvalue weighted by Crippen LogP contribution is -2.34. The Hall–Kier alpha value is -0.430. The number of hydrogen-bond acceptors (Lipinski definition) is 4. The molecule has 0 aliphatic rings. The molecule has 1 atom stereocenters. The first-order valence-corrected chi connectivity index (χ1v) is 4.50. The number of carbonyl (C=O) groups is 1. The van der Waals surface area contributed by atoms with E-state index < -0.39 is 23.9 Å². The van der Waals surface area contributed by atoms with Gasteiger partial charge < -0.3 is 10.5 Å². The molecule has 0 aromatic heterocycles. The summed E-state index contributed by atoms with van der Waals surface area (Å²) in [6.07, 6.45) is -4.22. The van der Waals surface area contributed by atoms with Crippen LogP contribution in [0, 0.1) is 0 Å². The van der Waals surface area contributed by atoms with Crippen LogP contribution in [0.4, 0.5) is 13.2 Å². The average Bonchev–Trinajstić information content (AvgIpc) is 2.00. The summed E-state index contributed by atoms with van der Waals surface area (Å²) in [4.78, 5) is 10.6. The van der Waals surface area contributed by atoms with E-state index in [0.29, 0.717) is 11.8 Å². The van der Waals surface area contributed by atoms with E-state index in [1.54, 1.807) is 0 Å². The standard InChI is InChI=1S/C6H10F3NO2S/c1-12-5(11)4(10)2-13-3-6(7,8)9/h4H,2-3,10H2,1H3. The van der Waals surface area contributed by atoms with Crippen molar-refractivity contribution < 1.29 is 22.7 Å². The van der Waals surface area contributed by atoms with Crippen LogP contribution in [0.25, 0.3) is 0 Å². The van der Waals surface area contributed by atoms with E-state index in [9.17, 15) is 18.0 Å². The summed E-state index contributed by atoms with van der Waals surface area (Å²) in [7, 11) is 1.14. The van der Waals surface area contributed by atoms with Gasteiger partial charge in [-0.05, 0) is 0 Å². The molecule has 0 radical (unpaired) electrons. The molecule has 1 unspecified atom stereocenters. The predicted molar refractivity (Wildman–Crippen MR) is 43.4 cm³/mol. The number of halogens is 3. The smallest absolute Gasteiger partial charge is 0.397 e. The van der Waals surface area contributed by atoms with Gasteiger partial charge in [0.25, 0.3) is 0 Å². The van der Waals surface area contributed by atoms with E-state index in [1.165, 1.54) is 0 Å². The number of methoxy groups -OCH3 is 1. The summed E-state index contributed by atoms with van der Waals surface area (Å²) >= 11 is 0.561. The highest BCUT2D eigenvalue weighted by Gasteiger charge is 2.27. The molecule has 7 heteroatoms. The van der Waals surface area contributed by atoms with Crippen LogP contribution in [-0.2, 0) is 9.53 Å². The molecule has 13 heavy (non-hydrogen) atoms. The fourth-order valence-electron chi connectivity index (χ4n) is 0.521. The van der Waals surface area contributed by atoms with E-state index in [1.807, 2.05) is 0 Å². The lowest BCUT2D eigenvalue weighted by atomic mass is 10.4. The molecule has 78 valence electrons. The molecule has 0 bridgehead atoms. The van der Waals surface area contributed by atoms with Crippen molar-refractivity contribution in [2.24, 2.45) is 5.73 Å². The Morgan fingerprint density at radius 1 is 1.62 bits per heavy atom. The Balaban J connectivity index is 3.59. The number of hydrogen-bond donors (Lipinski definition) is 1. The Morgan fingerprint density at radius 3 is 2.54 bits per heavy atom. The molecule has 0 fully saturated rings. The van der Waals surface area contributed by atoms with Gasteiger partial charge in [-0.3, -0.25) is 4.79 Å². The van der Waals surface area contributed by atoms with Crippen LogP contribution >= 0.6 is 11.8 Å². The van der Waals surface area contributed by atoms with Crippen LogP contribution in [0.15, 0.2) is 0 Å². The minimum Gasteiger partial charge on any atom is -0.468 e. The molecule has 2 N–H and O–H groups in total. The fourth-order valence-corrected chi connectivity index (χ4v) is 1.26. The zero-order chi connectivity index (χ0) is 10.5. The molecule has 0 saturated heterocycles. The maximum atomic E-state index is 11.6. The molecular weight excluding hydrogens is 207 g/mol. The van der Waals surface area contributed by atoms with Crippen molar-refractivity contribution in [1.29, 1.82) is 0 Å². The van der Waals surface area contributed by atoms with Crippen molar-refractivity contribution in [2.75, 3.05) is 18.6 Å². The molecule has 0 spiro atoms. The highest BCUT2D eigenvalue weighted by Crippen LogP contribution is 2.21. The van der Waals surface area contributed by atoms with Crippen LogP contribution in [0.1, 0.15) is 0 Å². The van der Waals surface area contributed by atoms with Gasteiger partial charge in [-0.1, -0.05) is 0 Å². The van der Waals surface area contributed by atoms with E-state index in [0.717, 1.165) is 7.11 Å². The molecule has 0 aromatic carbocycles. The van der Waals surface area contributed by atoms with E-state index in [-0.39, 0.29) is 5.75 Å². The van der Waals surface area contributed by atoms with Gasteiger partial charge in [0.2, 0.25) is 0 Å². The molecule has 0 rings (SSSR count). The van der Waals surface area contributed by atoms with Gasteiger partial charge in [-0.2, -0.15) is 24.9 Å². The Bertz CT molecular complexity index is 174. The lowest BCUT2D eigenvalue weighted by molar-refractivity contribution is -0.141. The summed E-state index contributed by atoms with van der Waals surface area (Å²) < 4.78 is 39.1. The zero-order valence-corrected chi connectivity index (χ0v) is 7.74.